The molecule has 232 valence electrons. The summed E-state index contributed by atoms with van der Waals surface area (Å²) in [5.41, 5.74) is 10.5. The van der Waals surface area contributed by atoms with Crippen molar-refractivity contribution >= 4 is 29.0 Å². The first-order valence-corrected chi connectivity index (χ1v) is 15.7. The fourth-order valence-electron chi connectivity index (χ4n) is 5.84. The summed E-state index contributed by atoms with van der Waals surface area (Å²) in [6.45, 7) is 4.81. The SMILES string of the molecule is NCCCN(Cc1cccc(-c2ccc(N3CCN(c4ccccn4)CC3)c(NC(=O)c3cccc(F)c3)c2)c1)C(=O)C1CC1. The zero-order chi connectivity index (χ0) is 31.2. The van der Waals surface area contributed by atoms with Gasteiger partial charge in [0.05, 0.1) is 11.4 Å². The van der Waals surface area contributed by atoms with Gasteiger partial charge in [-0.2, -0.15) is 0 Å². The molecule has 0 spiro atoms. The van der Waals surface area contributed by atoms with Crippen molar-refractivity contribution in [2.45, 2.75) is 25.8 Å². The molecule has 2 aliphatic rings. The van der Waals surface area contributed by atoms with E-state index in [1.807, 2.05) is 53.4 Å². The number of rotatable bonds is 11. The zero-order valence-electron chi connectivity index (χ0n) is 25.4. The van der Waals surface area contributed by atoms with E-state index < -0.39 is 5.82 Å². The fraction of sp³-hybridized carbons (Fsp3) is 0.306. The van der Waals surface area contributed by atoms with E-state index in [1.54, 1.807) is 12.3 Å². The van der Waals surface area contributed by atoms with E-state index in [-0.39, 0.29) is 23.3 Å². The third-order valence-corrected chi connectivity index (χ3v) is 8.43. The van der Waals surface area contributed by atoms with Crippen LogP contribution in [0.1, 0.15) is 35.2 Å². The molecule has 0 atom stereocenters. The Hall–Kier alpha value is -4.76. The average Bonchev–Trinajstić information content (AvgIpc) is 3.93. The summed E-state index contributed by atoms with van der Waals surface area (Å²) in [4.78, 5) is 37.2. The minimum Gasteiger partial charge on any atom is -0.366 e. The molecule has 1 aliphatic heterocycles. The third kappa shape index (κ3) is 7.49. The molecule has 45 heavy (non-hydrogen) atoms. The van der Waals surface area contributed by atoms with E-state index in [4.69, 9.17) is 5.73 Å². The Morgan fingerprint density at radius 1 is 0.889 bits per heavy atom. The average molecular weight is 607 g/mol. The molecule has 2 heterocycles. The quantitative estimate of drug-likeness (QED) is 0.232. The molecule has 2 amide bonds. The van der Waals surface area contributed by atoms with Crippen molar-refractivity contribution in [1.29, 1.82) is 0 Å². The van der Waals surface area contributed by atoms with Crippen molar-refractivity contribution in [3.8, 4) is 11.1 Å². The summed E-state index contributed by atoms with van der Waals surface area (Å²) in [6, 6.07) is 25.9. The lowest BCUT2D eigenvalue weighted by molar-refractivity contribution is -0.133. The van der Waals surface area contributed by atoms with E-state index in [0.717, 1.165) is 73.6 Å². The molecule has 1 saturated heterocycles. The highest BCUT2D eigenvalue weighted by molar-refractivity contribution is 6.06. The lowest BCUT2D eigenvalue weighted by Crippen LogP contribution is -2.47. The van der Waals surface area contributed by atoms with Crippen LogP contribution in [0.2, 0.25) is 0 Å². The molecule has 1 saturated carbocycles. The number of amides is 2. The Morgan fingerprint density at radius 2 is 1.67 bits per heavy atom. The summed E-state index contributed by atoms with van der Waals surface area (Å²) in [7, 11) is 0. The topological polar surface area (TPSA) is 94.8 Å². The standard InChI is InChI=1S/C36H39FN6O2/c37-31-9-4-8-30(23-31)35(44)40-32-24-29(13-14-33(32)41-18-20-42(21-19-41)34-10-1-2-16-39-34)28-7-3-6-26(22-28)25-43(17-5-15-38)36(45)27-11-12-27/h1-4,6-10,13-14,16,22-24,27H,5,11-12,15,17-21,25,38H2,(H,40,44). The zero-order valence-corrected chi connectivity index (χ0v) is 25.4. The molecule has 9 heteroatoms. The second-order valence-corrected chi connectivity index (χ2v) is 11.7. The number of nitrogens with zero attached hydrogens (tertiary/aromatic N) is 4. The second-order valence-electron chi connectivity index (χ2n) is 11.7. The number of hydrogen-bond acceptors (Lipinski definition) is 6. The number of halogens is 1. The highest BCUT2D eigenvalue weighted by Gasteiger charge is 2.33. The van der Waals surface area contributed by atoms with Crippen molar-refractivity contribution < 1.29 is 14.0 Å². The van der Waals surface area contributed by atoms with Crippen LogP contribution in [-0.2, 0) is 11.3 Å². The number of pyridine rings is 1. The first kappa shape index (κ1) is 30.3. The highest BCUT2D eigenvalue weighted by atomic mass is 19.1. The summed E-state index contributed by atoms with van der Waals surface area (Å²) in [6.07, 6.45) is 4.50. The van der Waals surface area contributed by atoms with Gasteiger partial charge in [-0.1, -0.05) is 36.4 Å². The first-order valence-electron chi connectivity index (χ1n) is 15.7. The molecule has 0 bridgehead atoms. The molecule has 8 nitrogen and oxygen atoms in total. The smallest absolute Gasteiger partial charge is 0.255 e. The van der Waals surface area contributed by atoms with Gasteiger partial charge in [-0.3, -0.25) is 9.59 Å². The van der Waals surface area contributed by atoms with Crippen molar-refractivity contribution in [1.82, 2.24) is 9.88 Å². The van der Waals surface area contributed by atoms with Crippen molar-refractivity contribution in [2.24, 2.45) is 11.7 Å². The Bertz CT molecular complexity index is 1640. The van der Waals surface area contributed by atoms with Gasteiger partial charge in [0.15, 0.2) is 0 Å². The molecule has 1 aromatic heterocycles. The predicted octanol–water partition coefficient (Wildman–Crippen LogP) is 5.55. The van der Waals surface area contributed by atoms with Crippen molar-refractivity contribution in [2.75, 3.05) is 54.4 Å². The summed E-state index contributed by atoms with van der Waals surface area (Å²) in [5, 5.41) is 3.07. The minimum absolute atomic E-state index is 0.147. The summed E-state index contributed by atoms with van der Waals surface area (Å²) in [5.74, 6) is 0.479. The Balaban J connectivity index is 1.26. The molecule has 3 N–H and O–H groups in total. The van der Waals surface area contributed by atoms with Crippen LogP contribution in [0.5, 0.6) is 0 Å². The lowest BCUT2D eigenvalue weighted by Gasteiger charge is -2.37. The molecule has 2 fully saturated rings. The number of anilines is 3. The Morgan fingerprint density at radius 3 is 2.40 bits per heavy atom. The molecule has 0 unspecified atom stereocenters. The van der Waals surface area contributed by atoms with E-state index in [1.165, 1.54) is 18.2 Å². The highest BCUT2D eigenvalue weighted by Crippen LogP contribution is 2.34. The monoisotopic (exact) mass is 606 g/mol. The molecule has 4 aromatic rings. The normalized spacial score (nSPS) is 14.7. The Kier molecular flexibility index (Phi) is 9.35. The van der Waals surface area contributed by atoms with Crippen LogP contribution >= 0.6 is 0 Å². The largest absolute Gasteiger partial charge is 0.366 e. The van der Waals surface area contributed by atoms with Crippen LogP contribution in [-0.4, -0.2) is 61.0 Å². The van der Waals surface area contributed by atoms with E-state index in [9.17, 15) is 14.0 Å². The van der Waals surface area contributed by atoms with Gasteiger partial charge in [0.1, 0.15) is 11.6 Å². The fourth-order valence-corrected chi connectivity index (χ4v) is 5.84. The number of piperazine rings is 1. The third-order valence-electron chi connectivity index (χ3n) is 8.43. The van der Waals surface area contributed by atoms with Crippen molar-refractivity contribution in [3.05, 3.63) is 108 Å². The van der Waals surface area contributed by atoms with Crippen LogP contribution in [0, 0.1) is 11.7 Å². The maximum Gasteiger partial charge on any atom is 0.255 e. The van der Waals surface area contributed by atoms with Gasteiger partial charge in [0, 0.05) is 56.9 Å². The van der Waals surface area contributed by atoms with Gasteiger partial charge >= 0.3 is 0 Å². The maximum absolute atomic E-state index is 14.0. The van der Waals surface area contributed by atoms with Gasteiger partial charge in [0.2, 0.25) is 5.91 Å². The van der Waals surface area contributed by atoms with Gasteiger partial charge in [0.25, 0.3) is 5.91 Å². The molecule has 6 rings (SSSR count). The number of carbonyl (C=O) groups excluding carboxylic acids is 2. The van der Waals surface area contributed by atoms with Crippen LogP contribution in [0.4, 0.5) is 21.6 Å². The number of benzene rings is 3. The molecule has 1 aliphatic carbocycles. The number of carbonyl (C=O) groups is 2. The number of hydrogen-bond donors (Lipinski definition) is 2. The maximum atomic E-state index is 14.0. The van der Waals surface area contributed by atoms with Crippen molar-refractivity contribution in [3.63, 3.8) is 0 Å². The van der Waals surface area contributed by atoms with E-state index in [0.29, 0.717) is 25.3 Å². The summed E-state index contributed by atoms with van der Waals surface area (Å²) < 4.78 is 14.0. The molecular weight excluding hydrogens is 567 g/mol. The summed E-state index contributed by atoms with van der Waals surface area (Å²) >= 11 is 0. The Labute approximate surface area is 263 Å². The second kappa shape index (κ2) is 13.9. The number of nitrogens with two attached hydrogens (primary N) is 1. The van der Waals surface area contributed by atoms with Crippen LogP contribution in [0.3, 0.4) is 0 Å². The minimum atomic E-state index is -0.459. The molecule has 3 aromatic carbocycles. The molecule has 0 radical (unpaired) electrons. The number of nitrogens with one attached hydrogen (secondary N) is 1. The van der Waals surface area contributed by atoms with Gasteiger partial charge < -0.3 is 25.8 Å². The van der Waals surface area contributed by atoms with Gasteiger partial charge in [-0.05, 0) is 91.0 Å². The van der Waals surface area contributed by atoms with E-state index in [2.05, 4.69) is 32.2 Å². The van der Waals surface area contributed by atoms with E-state index >= 15 is 0 Å². The first-order chi connectivity index (χ1) is 22.0. The van der Waals surface area contributed by atoms with Crippen LogP contribution in [0.25, 0.3) is 11.1 Å². The van der Waals surface area contributed by atoms with Gasteiger partial charge in [-0.25, -0.2) is 9.37 Å². The predicted molar refractivity (Wildman–Crippen MR) is 177 cm³/mol. The number of aromatic nitrogens is 1. The van der Waals surface area contributed by atoms with Gasteiger partial charge in [-0.15, -0.1) is 0 Å². The molecular formula is C36H39FN6O2. The lowest BCUT2D eigenvalue weighted by atomic mass is 10.0. The van der Waals surface area contributed by atoms with Crippen LogP contribution < -0.4 is 20.9 Å². The van der Waals surface area contributed by atoms with Crippen LogP contribution in [0.15, 0.2) is 91.1 Å².